The molecule has 0 amide bonds. The Bertz CT molecular complexity index is 449. The van der Waals surface area contributed by atoms with Gasteiger partial charge in [0.15, 0.2) is 5.11 Å². The van der Waals surface area contributed by atoms with E-state index < -0.39 is 0 Å². The number of hydrogen-bond acceptors (Lipinski definition) is 3. The van der Waals surface area contributed by atoms with Crippen LogP contribution in [-0.2, 0) is 0 Å². The van der Waals surface area contributed by atoms with Crippen LogP contribution in [0, 0.1) is 0 Å². The van der Waals surface area contributed by atoms with E-state index in [-0.39, 0.29) is 6.04 Å². The average molecular weight is 330 g/mol. The second kappa shape index (κ2) is 7.33. The molecule has 2 N–H and O–H groups in total. The van der Waals surface area contributed by atoms with Gasteiger partial charge in [-0.3, -0.25) is 5.43 Å². The Balaban J connectivity index is 2.66. The molecule has 0 fully saturated rings. The first-order chi connectivity index (χ1) is 8.52. The molecule has 0 saturated carbocycles. The zero-order chi connectivity index (χ0) is 13.5. The van der Waals surface area contributed by atoms with Crippen LogP contribution in [0.2, 0.25) is 0 Å². The molecule has 0 aliphatic carbocycles. The van der Waals surface area contributed by atoms with Crippen LogP contribution in [-0.4, -0.2) is 24.5 Å². The maximum atomic E-state index is 5.23. The number of rotatable bonds is 4. The van der Waals surface area contributed by atoms with Crippen LogP contribution in [0.25, 0.3) is 0 Å². The van der Waals surface area contributed by atoms with E-state index in [0.717, 1.165) is 15.8 Å². The summed E-state index contributed by atoms with van der Waals surface area (Å²) in [6.45, 7) is 4.02. The Kier molecular flexibility index (Phi) is 6.07. The van der Waals surface area contributed by atoms with Crippen molar-refractivity contribution < 1.29 is 4.74 Å². The molecule has 4 nitrogen and oxygen atoms in total. The van der Waals surface area contributed by atoms with Crippen LogP contribution >= 0.6 is 28.1 Å². The number of halogens is 1. The molecule has 0 atom stereocenters. The Morgan fingerprint density at radius 3 is 2.83 bits per heavy atom. The molecule has 0 saturated heterocycles. The number of hydrazone groups is 1. The van der Waals surface area contributed by atoms with Gasteiger partial charge in [0.2, 0.25) is 0 Å². The zero-order valence-electron chi connectivity index (χ0n) is 10.5. The van der Waals surface area contributed by atoms with Gasteiger partial charge < -0.3 is 10.1 Å². The van der Waals surface area contributed by atoms with Gasteiger partial charge in [-0.05, 0) is 44.3 Å². The van der Waals surface area contributed by atoms with Crippen molar-refractivity contribution in [1.29, 1.82) is 0 Å². The fourth-order valence-corrected chi connectivity index (χ4v) is 1.93. The lowest BCUT2D eigenvalue weighted by molar-refractivity contribution is 0.414. The summed E-state index contributed by atoms with van der Waals surface area (Å²) in [7, 11) is 1.62. The molecule has 0 unspecified atom stereocenters. The highest BCUT2D eigenvalue weighted by molar-refractivity contribution is 9.10. The normalized spacial score (nSPS) is 10.7. The van der Waals surface area contributed by atoms with E-state index in [0.29, 0.717) is 5.11 Å². The number of methoxy groups -OCH3 is 1. The predicted octanol–water partition coefficient (Wildman–Crippen LogP) is 2.66. The van der Waals surface area contributed by atoms with Gasteiger partial charge in [0, 0.05) is 16.1 Å². The molecule has 0 aliphatic rings. The Morgan fingerprint density at radius 2 is 2.22 bits per heavy atom. The topological polar surface area (TPSA) is 45.6 Å². The third-order valence-electron chi connectivity index (χ3n) is 1.98. The summed E-state index contributed by atoms with van der Waals surface area (Å²) in [5.41, 5.74) is 3.62. The molecule has 0 spiro atoms. The average Bonchev–Trinajstić information content (AvgIpc) is 2.28. The number of nitrogens with zero attached hydrogens (tertiary/aromatic N) is 1. The minimum absolute atomic E-state index is 0.278. The molecule has 1 aromatic carbocycles. The van der Waals surface area contributed by atoms with E-state index in [1.54, 1.807) is 13.3 Å². The lowest BCUT2D eigenvalue weighted by Gasteiger charge is -2.09. The molecular weight excluding hydrogens is 314 g/mol. The van der Waals surface area contributed by atoms with Crippen molar-refractivity contribution in [3.63, 3.8) is 0 Å². The van der Waals surface area contributed by atoms with Crippen LogP contribution in [0.4, 0.5) is 0 Å². The van der Waals surface area contributed by atoms with Gasteiger partial charge >= 0.3 is 0 Å². The van der Waals surface area contributed by atoms with Gasteiger partial charge in [0.25, 0.3) is 0 Å². The number of nitrogens with one attached hydrogen (secondary N) is 2. The third kappa shape index (κ3) is 5.01. The second-order valence-corrected chi connectivity index (χ2v) is 5.21. The quantitative estimate of drug-likeness (QED) is 0.506. The van der Waals surface area contributed by atoms with Crippen LogP contribution in [0.15, 0.2) is 27.8 Å². The summed E-state index contributed by atoms with van der Waals surface area (Å²) < 4.78 is 6.20. The largest absolute Gasteiger partial charge is 0.496 e. The molecule has 1 rings (SSSR count). The molecule has 98 valence electrons. The maximum absolute atomic E-state index is 5.23. The smallest absolute Gasteiger partial charge is 0.187 e. The van der Waals surface area contributed by atoms with Crippen molar-refractivity contribution in [2.75, 3.05) is 7.11 Å². The van der Waals surface area contributed by atoms with Crippen molar-refractivity contribution in [3.05, 3.63) is 28.2 Å². The molecule has 0 aromatic heterocycles. The van der Waals surface area contributed by atoms with Crippen LogP contribution in [0.3, 0.4) is 0 Å². The van der Waals surface area contributed by atoms with Gasteiger partial charge in [-0.25, -0.2) is 0 Å². The molecule has 0 aliphatic heterocycles. The van der Waals surface area contributed by atoms with Gasteiger partial charge in [-0.2, -0.15) is 5.10 Å². The summed E-state index contributed by atoms with van der Waals surface area (Å²) >= 11 is 8.46. The number of thiocarbonyl (C=S) groups is 1. The fourth-order valence-electron chi connectivity index (χ4n) is 1.26. The lowest BCUT2D eigenvalue weighted by atomic mass is 10.2. The highest BCUT2D eigenvalue weighted by atomic mass is 79.9. The molecule has 0 bridgehead atoms. The second-order valence-electron chi connectivity index (χ2n) is 3.88. The van der Waals surface area contributed by atoms with Crippen molar-refractivity contribution >= 4 is 39.5 Å². The third-order valence-corrected chi connectivity index (χ3v) is 2.68. The first kappa shape index (κ1) is 14.9. The van der Waals surface area contributed by atoms with E-state index >= 15 is 0 Å². The molecule has 0 radical (unpaired) electrons. The Labute approximate surface area is 121 Å². The van der Waals surface area contributed by atoms with E-state index in [1.165, 1.54) is 0 Å². The summed E-state index contributed by atoms with van der Waals surface area (Å²) in [5.74, 6) is 0.756. The SMILES string of the molecule is COc1ccc(Br)cc1/C=N\NC(=S)NC(C)C. The van der Waals surface area contributed by atoms with E-state index in [2.05, 4.69) is 31.8 Å². The maximum Gasteiger partial charge on any atom is 0.187 e. The van der Waals surface area contributed by atoms with Crippen LogP contribution in [0.5, 0.6) is 5.75 Å². The predicted molar refractivity (Wildman–Crippen MR) is 82.3 cm³/mol. The highest BCUT2D eigenvalue weighted by Gasteiger charge is 2.01. The van der Waals surface area contributed by atoms with Gasteiger partial charge in [0.1, 0.15) is 5.75 Å². The first-order valence-electron chi connectivity index (χ1n) is 5.46. The number of hydrogen-bond donors (Lipinski definition) is 2. The monoisotopic (exact) mass is 329 g/mol. The Hall–Kier alpha value is -1.14. The standard InChI is InChI=1S/C12H16BrN3OS/c1-8(2)15-12(18)16-14-7-9-6-10(13)4-5-11(9)17-3/h4-8H,1-3H3,(H2,15,16,18)/b14-7-. The van der Waals surface area contributed by atoms with Crippen LogP contribution in [0.1, 0.15) is 19.4 Å². The Morgan fingerprint density at radius 1 is 1.50 bits per heavy atom. The molecular formula is C12H16BrN3OS. The van der Waals surface area contributed by atoms with E-state index in [9.17, 15) is 0 Å². The molecule has 18 heavy (non-hydrogen) atoms. The van der Waals surface area contributed by atoms with E-state index in [4.69, 9.17) is 17.0 Å². The number of ether oxygens (including phenoxy) is 1. The van der Waals surface area contributed by atoms with Gasteiger partial charge in [-0.1, -0.05) is 15.9 Å². The lowest BCUT2D eigenvalue weighted by Crippen LogP contribution is -2.36. The van der Waals surface area contributed by atoms with Crippen molar-refractivity contribution in [2.24, 2.45) is 5.10 Å². The molecule has 6 heteroatoms. The zero-order valence-corrected chi connectivity index (χ0v) is 12.9. The molecule has 1 aromatic rings. The van der Waals surface area contributed by atoms with Crippen molar-refractivity contribution in [2.45, 2.75) is 19.9 Å². The van der Waals surface area contributed by atoms with Gasteiger partial charge in [0.05, 0.1) is 13.3 Å². The summed E-state index contributed by atoms with van der Waals surface area (Å²) in [4.78, 5) is 0. The highest BCUT2D eigenvalue weighted by Crippen LogP contribution is 2.21. The molecule has 0 heterocycles. The summed E-state index contributed by atoms with van der Waals surface area (Å²) in [6.07, 6.45) is 1.66. The van der Waals surface area contributed by atoms with E-state index in [1.807, 2.05) is 32.0 Å². The van der Waals surface area contributed by atoms with Crippen LogP contribution < -0.4 is 15.5 Å². The minimum Gasteiger partial charge on any atom is -0.496 e. The van der Waals surface area contributed by atoms with Crippen molar-refractivity contribution in [1.82, 2.24) is 10.7 Å². The fraction of sp³-hybridized carbons (Fsp3) is 0.333. The number of benzene rings is 1. The van der Waals surface area contributed by atoms with Gasteiger partial charge in [-0.15, -0.1) is 0 Å². The minimum atomic E-state index is 0.278. The first-order valence-corrected chi connectivity index (χ1v) is 6.66. The summed E-state index contributed by atoms with van der Waals surface area (Å²) in [5, 5.41) is 7.60. The summed E-state index contributed by atoms with van der Waals surface area (Å²) in [6, 6.07) is 5.98. The van der Waals surface area contributed by atoms with Crippen molar-refractivity contribution in [3.8, 4) is 5.75 Å².